The lowest BCUT2D eigenvalue weighted by Gasteiger charge is -2.21. The Morgan fingerprint density at radius 3 is 2.50 bits per heavy atom. The lowest BCUT2D eigenvalue weighted by molar-refractivity contribution is 0.0983. The van der Waals surface area contributed by atoms with Gasteiger partial charge in [0.25, 0.3) is 11.8 Å². The smallest absolute Gasteiger partial charge is 0.262 e. The molecule has 2 N–H and O–H groups in total. The molecule has 3 aromatic carbocycles. The summed E-state index contributed by atoms with van der Waals surface area (Å²) in [5.74, 6) is -0.667. The van der Waals surface area contributed by atoms with Crippen molar-refractivity contribution in [2.24, 2.45) is 0 Å². The number of thiophene rings is 1. The van der Waals surface area contributed by atoms with Crippen LogP contribution in [-0.2, 0) is 6.42 Å². The van der Waals surface area contributed by atoms with E-state index in [1.54, 1.807) is 34.4 Å². The average molecular weight is 469 g/mol. The maximum absolute atomic E-state index is 13.3. The Hall–Kier alpha value is -3.90. The van der Waals surface area contributed by atoms with E-state index in [1.807, 2.05) is 60.0 Å². The SMILES string of the molecule is O=C(Nc1ccc(C(=O)N2CCCCc3sccc32)c(O)c1)c1ccccc1-c1ccccc1. The van der Waals surface area contributed by atoms with Crippen molar-refractivity contribution in [2.75, 3.05) is 16.8 Å². The van der Waals surface area contributed by atoms with Crippen LogP contribution in [0.5, 0.6) is 5.75 Å². The predicted octanol–water partition coefficient (Wildman–Crippen LogP) is 6.36. The first-order valence-electron chi connectivity index (χ1n) is 11.3. The summed E-state index contributed by atoms with van der Waals surface area (Å²) in [6, 6.07) is 23.7. The van der Waals surface area contributed by atoms with E-state index >= 15 is 0 Å². The highest BCUT2D eigenvalue weighted by molar-refractivity contribution is 7.10. The number of aromatic hydroxyl groups is 1. The molecular weight excluding hydrogens is 444 g/mol. The van der Waals surface area contributed by atoms with Crippen LogP contribution >= 0.6 is 11.3 Å². The molecule has 0 saturated heterocycles. The van der Waals surface area contributed by atoms with Gasteiger partial charge in [0.2, 0.25) is 0 Å². The second kappa shape index (κ2) is 9.53. The minimum atomic E-state index is -0.284. The number of phenols is 1. The molecule has 0 atom stereocenters. The number of hydrogen-bond donors (Lipinski definition) is 2. The molecule has 0 aliphatic carbocycles. The van der Waals surface area contributed by atoms with Crippen LogP contribution < -0.4 is 10.2 Å². The standard InChI is InChI=1S/C28H24N2O3S/c31-25-18-20(29-27(32)22-11-5-4-10-21(22)19-8-2-1-3-9-19)13-14-23(25)28(33)30-16-7-6-12-26-24(30)15-17-34-26/h1-5,8-11,13-15,17-18,31H,6-7,12,16H2,(H,29,32). The van der Waals surface area contributed by atoms with E-state index in [4.69, 9.17) is 0 Å². The highest BCUT2D eigenvalue weighted by atomic mass is 32.1. The zero-order chi connectivity index (χ0) is 23.5. The highest BCUT2D eigenvalue weighted by Crippen LogP contribution is 2.34. The molecule has 0 unspecified atom stereocenters. The van der Waals surface area contributed by atoms with Crippen molar-refractivity contribution in [3.05, 3.63) is 100 Å². The Balaban J connectivity index is 1.38. The first-order valence-corrected chi connectivity index (χ1v) is 12.2. The molecule has 2 heterocycles. The number of anilines is 2. The normalized spacial score (nSPS) is 13.1. The van der Waals surface area contributed by atoms with Gasteiger partial charge in [-0.2, -0.15) is 0 Å². The van der Waals surface area contributed by atoms with E-state index in [0.717, 1.165) is 36.1 Å². The van der Waals surface area contributed by atoms with Crippen LogP contribution in [0.1, 0.15) is 38.4 Å². The first-order chi connectivity index (χ1) is 16.6. The third kappa shape index (κ3) is 4.32. The van der Waals surface area contributed by atoms with E-state index in [2.05, 4.69) is 5.32 Å². The van der Waals surface area contributed by atoms with Crippen LogP contribution in [-0.4, -0.2) is 23.5 Å². The minimum Gasteiger partial charge on any atom is -0.507 e. The summed E-state index contributed by atoms with van der Waals surface area (Å²) in [7, 11) is 0. The van der Waals surface area contributed by atoms with Crippen molar-refractivity contribution in [2.45, 2.75) is 19.3 Å². The Bertz CT molecular complexity index is 1350. The van der Waals surface area contributed by atoms with E-state index in [-0.39, 0.29) is 23.1 Å². The zero-order valence-electron chi connectivity index (χ0n) is 18.5. The lowest BCUT2D eigenvalue weighted by Crippen LogP contribution is -2.31. The van der Waals surface area contributed by atoms with Crippen LogP contribution in [0.4, 0.5) is 11.4 Å². The Kier molecular flexibility index (Phi) is 6.14. The summed E-state index contributed by atoms with van der Waals surface area (Å²) in [6.07, 6.45) is 2.93. The monoisotopic (exact) mass is 468 g/mol. The summed E-state index contributed by atoms with van der Waals surface area (Å²) in [6.45, 7) is 0.622. The Morgan fingerprint density at radius 2 is 1.68 bits per heavy atom. The van der Waals surface area contributed by atoms with E-state index < -0.39 is 0 Å². The molecule has 0 bridgehead atoms. The lowest BCUT2D eigenvalue weighted by atomic mass is 9.99. The van der Waals surface area contributed by atoms with E-state index in [9.17, 15) is 14.7 Å². The van der Waals surface area contributed by atoms with Gasteiger partial charge in [-0.15, -0.1) is 11.3 Å². The number of benzene rings is 3. The largest absolute Gasteiger partial charge is 0.507 e. The second-order valence-corrected chi connectivity index (χ2v) is 9.24. The number of phenolic OH excluding ortho intramolecular Hbond substituents is 1. The van der Waals surface area contributed by atoms with Crippen LogP contribution in [0.25, 0.3) is 11.1 Å². The molecule has 34 heavy (non-hydrogen) atoms. The molecule has 1 aromatic heterocycles. The minimum absolute atomic E-state index is 0.153. The number of nitrogens with one attached hydrogen (secondary N) is 1. The van der Waals surface area contributed by atoms with E-state index in [0.29, 0.717) is 17.8 Å². The quantitative estimate of drug-likeness (QED) is 0.366. The maximum Gasteiger partial charge on any atom is 0.262 e. The molecule has 0 spiro atoms. The van der Waals surface area contributed by atoms with Gasteiger partial charge in [-0.05, 0) is 60.0 Å². The van der Waals surface area contributed by atoms with Crippen LogP contribution in [0.3, 0.4) is 0 Å². The molecule has 1 aliphatic rings. The summed E-state index contributed by atoms with van der Waals surface area (Å²) in [4.78, 5) is 29.3. The highest BCUT2D eigenvalue weighted by Gasteiger charge is 2.25. The molecule has 4 aromatic rings. The van der Waals surface area contributed by atoms with Crippen LogP contribution in [0.15, 0.2) is 84.2 Å². The van der Waals surface area contributed by atoms with Crippen LogP contribution in [0, 0.1) is 0 Å². The fraction of sp³-hybridized carbons (Fsp3) is 0.143. The second-order valence-electron chi connectivity index (χ2n) is 8.24. The van der Waals surface area contributed by atoms with Crippen molar-refractivity contribution in [1.82, 2.24) is 0 Å². The van der Waals surface area contributed by atoms with Gasteiger partial charge < -0.3 is 15.3 Å². The fourth-order valence-electron chi connectivity index (χ4n) is 4.33. The first kappa shape index (κ1) is 21.9. The summed E-state index contributed by atoms with van der Waals surface area (Å²) < 4.78 is 0. The van der Waals surface area contributed by atoms with Gasteiger partial charge in [-0.25, -0.2) is 0 Å². The van der Waals surface area contributed by atoms with Crippen LogP contribution in [0.2, 0.25) is 0 Å². The average Bonchev–Trinajstić information content (AvgIpc) is 3.23. The number of aryl methyl sites for hydroxylation is 1. The van der Waals surface area contributed by atoms with Gasteiger partial charge in [-0.3, -0.25) is 9.59 Å². The van der Waals surface area contributed by atoms with Crippen molar-refractivity contribution in [3.63, 3.8) is 0 Å². The molecule has 6 heteroatoms. The van der Waals surface area contributed by atoms with Gasteiger partial charge in [-0.1, -0.05) is 48.5 Å². The summed E-state index contributed by atoms with van der Waals surface area (Å²) in [5, 5.41) is 15.5. The topological polar surface area (TPSA) is 69.6 Å². The number of carbonyl (C=O) groups excluding carboxylic acids is 2. The third-order valence-corrected chi connectivity index (χ3v) is 7.01. The predicted molar refractivity (Wildman–Crippen MR) is 137 cm³/mol. The number of hydrogen-bond acceptors (Lipinski definition) is 4. The molecule has 1 aliphatic heterocycles. The zero-order valence-corrected chi connectivity index (χ0v) is 19.3. The molecular formula is C28H24N2O3S. The van der Waals surface area contributed by atoms with Crippen molar-refractivity contribution < 1.29 is 14.7 Å². The molecule has 0 saturated carbocycles. The number of amides is 2. The number of fused-ring (bicyclic) bond motifs is 1. The van der Waals surface area contributed by atoms with E-state index in [1.165, 1.54) is 10.9 Å². The maximum atomic E-state index is 13.3. The van der Waals surface area contributed by atoms with Gasteiger partial charge in [0.1, 0.15) is 5.75 Å². The van der Waals surface area contributed by atoms with Crippen molar-refractivity contribution >= 4 is 34.5 Å². The molecule has 0 radical (unpaired) electrons. The number of rotatable bonds is 4. The molecule has 2 amide bonds. The Labute approximate surface area is 202 Å². The summed E-state index contributed by atoms with van der Waals surface area (Å²) >= 11 is 1.66. The number of nitrogens with zero attached hydrogens (tertiary/aromatic N) is 1. The van der Waals surface area contributed by atoms with Crippen molar-refractivity contribution in [1.29, 1.82) is 0 Å². The van der Waals surface area contributed by atoms with Gasteiger partial charge in [0.05, 0.1) is 11.3 Å². The van der Waals surface area contributed by atoms with Gasteiger partial charge in [0, 0.05) is 28.7 Å². The molecule has 5 nitrogen and oxygen atoms in total. The molecule has 170 valence electrons. The summed E-state index contributed by atoms with van der Waals surface area (Å²) in [5.41, 5.74) is 3.88. The Morgan fingerprint density at radius 1 is 0.882 bits per heavy atom. The van der Waals surface area contributed by atoms with Gasteiger partial charge in [0.15, 0.2) is 0 Å². The van der Waals surface area contributed by atoms with Crippen molar-refractivity contribution in [3.8, 4) is 16.9 Å². The van der Waals surface area contributed by atoms with Gasteiger partial charge >= 0.3 is 0 Å². The number of carbonyl (C=O) groups is 2. The molecule has 0 fully saturated rings. The molecule has 5 rings (SSSR count). The third-order valence-electron chi connectivity index (χ3n) is 6.04. The fourth-order valence-corrected chi connectivity index (χ4v) is 5.26.